The molecule has 1 fully saturated rings. The molecule has 226 valence electrons. The van der Waals surface area contributed by atoms with E-state index in [9.17, 15) is 18.0 Å². The molecule has 0 spiro atoms. The van der Waals surface area contributed by atoms with E-state index < -0.39 is 17.6 Å². The Kier molecular flexibility index (Phi) is 8.45. The third-order valence-electron chi connectivity index (χ3n) is 7.54. The second kappa shape index (κ2) is 12.6. The summed E-state index contributed by atoms with van der Waals surface area (Å²) in [4.78, 5) is 31.8. The number of amides is 1. The molecule has 0 saturated carbocycles. The number of nitrogens with zero attached hydrogens (tertiary/aromatic N) is 5. The van der Waals surface area contributed by atoms with Crippen LogP contribution in [0.1, 0.15) is 21.5 Å². The number of anilines is 3. The SMILES string of the molecule is CN1CCN(c2cc(-c3cc4ncnc(NCCc5ccc(NC(=O)c6cccc(C(F)(F)F)c6)cc5)c4s3)ccn2)CC1. The molecular weight excluding hydrogens is 587 g/mol. The lowest BCUT2D eigenvalue weighted by atomic mass is 10.1. The van der Waals surface area contributed by atoms with Crippen LogP contribution in [0.3, 0.4) is 0 Å². The summed E-state index contributed by atoms with van der Waals surface area (Å²) in [5, 5.41) is 6.09. The number of rotatable bonds is 8. The van der Waals surface area contributed by atoms with Gasteiger partial charge in [0.1, 0.15) is 18.0 Å². The van der Waals surface area contributed by atoms with Crippen molar-refractivity contribution < 1.29 is 18.0 Å². The Bertz CT molecular complexity index is 1770. The van der Waals surface area contributed by atoms with Gasteiger partial charge in [0.05, 0.1) is 15.8 Å². The van der Waals surface area contributed by atoms with Crippen LogP contribution in [0.25, 0.3) is 20.7 Å². The van der Waals surface area contributed by atoms with Crippen molar-refractivity contribution in [2.75, 3.05) is 55.3 Å². The van der Waals surface area contributed by atoms with E-state index in [1.54, 1.807) is 29.8 Å². The van der Waals surface area contributed by atoms with Crippen LogP contribution < -0.4 is 15.5 Å². The van der Waals surface area contributed by atoms with Crippen molar-refractivity contribution in [2.24, 2.45) is 0 Å². The molecule has 0 unspecified atom stereocenters. The van der Waals surface area contributed by atoms with Gasteiger partial charge in [0.25, 0.3) is 5.91 Å². The maximum Gasteiger partial charge on any atom is 0.416 e. The first-order chi connectivity index (χ1) is 21.2. The van der Waals surface area contributed by atoms with E-state index in [1.165, 1.54) is 12.1 Å². The summed E-state index contributed by atoms with van der Waals surface area (Å²) < 4.78 is 40.0. The van der Waals surface area contributed by atoms with Crippen molar-refractivity contribution in [3.8, 4) is 10.4 Å². The van der Waals surface area contributed by atoms with Gasteiger partial charge < -0.3 is 20.4 Å². The number of hydrogen-bond acceptors (Lipinski definition) is 8. The van der Waals surface area contributed by atoms with Crippen LogP contribution in [0.5, 0.6) is 0 Å². The smallest absolute Gasteiger partial charge is 0.368 e. The molecule has 44 heavy (non-hydrogen) atoms. The molecule has 2 aromatic carbocycles. The number of fused-ring (bicyclic) bond motifs is 1. The van der Waals surface area contributed by atoms with Gasteiger partial charge in [-0.1, -0.05) is 18.2 Å². The molecule has 5 aromatic rings. The van der Waals surface area contributed by atoms with Gasteiger partial charge in [-0.2, -0.15) is 13.2 Å². The fraction of sp³-hybridized carbons (Fsp3) is 0.250. The highest BCUT2D eigenvalue weighted by Crippen LogP contribution is 2.36. The number of hydrogen-bond donors (Lipinski definition) is 2. The number of pyridine rings is 1. The van der Waals surface area contributed by atoms with Gasteiger partial charge in [0.15, 0.2) is 0 Å². The third kappa shape index (κ3) is 6.81. The summed E-state index contributed by atoms with van der Waals surface area (Å²) >= 11 is 1.64. The zero-order chi connectivity index (χ0) is 30.7. The van der Waals surface area contributed by atoms with Crippen molar-refractivity contribution >= 4 is 44.8 Å². The summed E-state index contributed by atoms with van der Waals surface area (Å²) in [5.41, 5.74) is 2.59. The molecule has 0 aliphatic carbocycles. The fourth-order valence-corrected chi connectivity index (χ4v) is 6.10. The Morgan fingerprint density at radius 3 is 2.52 bits per heavy atom. The molecule has 1 saturated heterocycles. The molecule has 1 amide bonds. The minimum Gasteiger partial charge on any atom is -0.368 e. The number of likely N-dealkylation sites (N-methyl/N-ethyl adjacent to an activating group) is 1. The highest BCUT2D eigenvalue weighted by Gasteiger charge is 2.31. The first kappa shape index (κ1) is 29.5. The fourth-order valence-electron chi connectivity index (χ4n) is 5.02. The van der Waals surface area contributed by atoms with Gasteiger partial charge in [-0.3, -0.25) is 4.79 Å². The van der Waals surface area contributed by atoms with Crippen molar-refractivity contribution in [3.63, 3.8) is 0 Å². The molecule has 0 radical (unpaired) electrons. The van der Waals surface area contributed by atoms with Crippen LogP contribution in [-0.2, 0) is 12.6 Å². The molecule has 0 bridgehead atoms. The maximum absolute atomic E-state index is 13.0. The van der Waals surface area contributed by atoms with E-state index in [2.05, 4.69) is 54.6 Å². The first-order valence-electron chi connectivity index (χ1n) is 14.2. The lowest BCUT2D eigenvalue weighted by Gasteiger charge is -2.33. The topological polar surface area (TPSA) is 86.3 Å². The van der Waals surface area contributed by atoms with E-state index >= 15 is 0 Å². The van der Waals surface area contributed by atoms with Crippen molar-refractivity contribution in [1.29, 1.82) is 0 Å². The quantitative estimate of drug-likeness (QED) is 0.208. The second-order valence-electron chi connectivity index (χ2n) is 10.6. The van der Waals surface area contributed by atoms with Crippen LogP contribution in [0.2, 0.25) is 0 Å². The Morgan fingerprint density at radius 2 is 1.75 bits per heavy atom. The molecule has 8 nitrogen and oxygen atoms in total. The van der Waals surface area contributed by atoms with Crippen LogP contribution >= 0.6 is 11.3 Å². The second-order valence-corrected chi connectivity index (χ2v) is 11.7. The number of carbonyl (C=O) groups is 1. The summed E-state index contributed by atoms with van der Waals surface area (Å²) in [6.07, 6.45) is -0.390. The molecule has 0 atom stereocenters. The molecule has 1 aliphatic heterocycles. The highest BCUT2D eigenvalue weighted by molar-refractivity contribution is 7.22. The molecule has 2 N–H and O–H groups in total. The largest absolute Gasteiger partial charge is 0.416 e. The minimum absolute atomic E-state index is 0.0552. The summed E-state index contributed by atoms with van der Waals surface area (Å²) in [6.45, 7) is 4.57. The van der Waals surface area contributed by atoms with Crippen molar-refractivity contribution in [1.82, 2.24) is 19.9 Å². The lowest BCUT2D eigenvalue weighted by molar-refractivity contribution is -0.137. The summed E-state index contributed by atoms with van der Waals surface area (Å²) in [5.74, 6) is 1.15. The number of piperazine rings is 1. The number of halogens is 3. The van der Waals surface area contributed by atoms with Gasteiger partial charge in [0.2, 0.25) is 0 Å². The molecule has 6 rings (SSSR count). The zero-order valence-electron chi connectivity index (χ0n) is 23.9. The van der Waals surface area contributed by atoms with E-state index in [4.69, 9.17) is 0 Å². The average Bonchev–Trinajstić information content (AvgIpc) is 3.48. The molecular formula is C32H30F3N7OS. The Balaban J connectivity index is 1.07. The van der Waals surface area contributed by atoms with Gasteiger partial charge in [-0.15, -0.1) is 11.3 Å². The number of alkyl halides is 3. The van der Waals surface area contributed by atoms with Gasteiger partial charge in [-0.05, 0) is 73.1 Å². The number of aromatic nitrogens is 3. The normalized spacial score (nSPS) is 14.1. The predicted octanol–water partition coefficient (Wildman–Crippen LogP) is 6.43. The minimum atomic E-state index is -4.51. The van der Waals surface area contributed by atoms with Crippen LogP contribution in [0.15, 0.2) is 79.3 Å². The lowest BCUT2D eigenvalue weighted by Crippen LogP contribution is -2.44. The van der Waals surface area contributed by atoms with E-state index in [0.717, 1.165) is 76.2 Å². The van der Waals surface area contributed by atoms with E-state index in [1.807, 2.05) is 24.4 Å². The third-order valence-corrected chi connectivity index (χ3v) is 8.72. The van der Waals surface area contributed by atoms with Gasteiger partial charge >= 0.3 is 6.18 Å². The van der Waals surface area contributed by atoms with Crippen LogP contribution in [0, 0.1) is 0 Å². The van der Waals surface area contributed by atoms with Gasteiger partial charge in [0, 0.05) is 55.0 Å². The van der Waals surface area contributed by atoms with Gasteiger partial charge in [-0.25, -0.2) is 15.0 Å². The molecule has 12 heteroatoms. The monoisotopic (exact) mass is 617 g/mol. The number of carbonyl (C=O) groups excluding carboxylic acids is 1. The predicted molar refractivity (Wildman–Crippen MR) is 168 cm³/mol. The van der Waals surface area contributed by atoms with Crippen LogP contribution in [-0.4, -0.2) is 65.5 Å². The average molecular weight is 618 g/mol. The maximum atomic E-state index is 13.0. The number of thiophene rings is 1. The standard InChI is InChI=1S/C32H30F3N7OS/c1-41-13-15-42(16-14-41)28-18-22(10-12-36-28)27-19-26-29(44-27)30(39-20-38-26)37-11-9-21-5-7-25(8-6-21)40-31(43)23-3-2-4-24(17-23)32(33,34)35/h2-8,10,12,17-20H,9,11,13-16H2,1H3,(H,40,43)(H,37,38,39). The Morgan fingerprint density at radius 1 is 0.955 bits per heavy atom. The Hall–Kier alpha value is -4.55. The Labute approximate surface area is 256 Å². The van der Waals surface area contributed by atoms with Crippen molar-refractivity contribution in [2.45, 2.75) is 12.6 Å². The molecule has 1 aliphatic rings. The number of benzene rings is 2. The van der Waals surface area contributed by atoms with E-state index in [0.29, 0.717) is 18.7 Å². The summed E-state index contributed by atoms with van der Waals surface area (Å²) in [7, 11) is 2.14. The number of nitrogens with one attached hydrogen (secondary N) is 2. The van der Waals surface area contributed by atoms with E-state index in [-0.39, 0.29) is 5.56 Å². The molecule has 3 aromatic heterocycles. The van der Waals surface area contributed by atoms with Crippen molar-refractivity contribution in [3.05, 3.63) is 95.9 Å². The summed E-state index contributed by atoms with van der Waals surface area (Å²) in [6, 6.07) is 17.8. The highest BCUT2D eigenvalue weighted by atomic mass is 32.1. The first-order valence-corrected chi connectivity index (χ1v) is 15.0. The zero-order valence-corrected chi connectivity index (χ0v) is 24.8. The molecule has 4 heterocycles. The van der Waals surface area contributed by atoms with Crippen LogP contribution in [0.4, 0.5) is 30.5 Å².